The van der Waals surface area contributed by atoms with Crippen molar-refractivity contribution in [3.05, 3.63) is 46.4 Å². The number of rotatable bonds is 4. The molecule has 0 saturated carbocycles. The molecule has 2 N–H and O–H groups in total. The number of benzene rings is 1. The largest absolute Gasteiger partial charge is 0.478 e. The van der Waals surface area contributed by atoms with Gasteiger partial charge < -0.3 is 10.4 Å². The van der Waals surface area contributed by atoms with Crippen molar-refractivity contribution < 1.29 is 27.9 Å². The molecule has 0 fully saturated rings. The van der Waals surface area contributed by atoms with Gasteiger partial charge in [-0.15, -0.1) is 0 Å². The van der Waals surface area contributed by atoms with E-state index >= 15 is 0 Å². The van der Waals surface area contributed by atoms with Crippen LogP contribution in [0.3, 0.4) is 0 Å². The second-order valence-corrected chi connectivity index (χ2v) is 4.12. The van der Waals surface area contributed by atoms with E-state index in [-0.39, 0.29) is 23.2 Å². The van der Waals surface area contributed by atoms with E-state index in [1.807, 2.05) is 0 Å². The highest BCUT2D eigenvalue weighted by Gasteiger charge is 2.17. The number of amides is 1. The first-order valence-corrected chi connectivity index (χ1v) is 5.56. The minimum Gasteiger partial charge on any atom is -0.478 e. The first-order valence-electron chi connectivity index (χ1n) is 5.56. The number of hydrogen-bond donors (Lipinski definition) is 2. The molecule has 0 aromatic heterocycles. The minimum absolute atomic E-state index is 0.127. The van der Waals surface area contributed by atoms with Gasteiger partial charge in [-0.25, -0.2) is 18.0 Å². The highest BCUT2D eigenvalue weighted by molar-refractivity contribution is 5.83. The lowest BCUT2D eigenvalue weighted by Crippen LogP contribution is -2.22. The molecule has 0 atom stereocenters. The number of nitrogens with one attached hydrogen (secondary N) is 1. The van der Waals surface area contributed by atoms with Crippen LogP contribution in [0, 0.1) is 24.4 Å². The van der Waals surface area contributed by atoms with Gasteiger partial charge in [0.05, 0.1) is 0 Å². The second-order valence-electron chi connectivity index (χ2n) is 4.12. The van der Waals surface area contributed by atoms with Gasteiger partial charge in [-0.1, -0.05) is 0 Å². The molecule has 0 unspecified atom stereocenters. The zero-order valence-electron chi connectivity index (χ0n) is 10.8. The average Bonchev–Trinajstić information content (AvgIpc) is 2.30. The molecular weight excluding hydrogens is 275 g/mol. The smallest absolute Gasteiger partial charge is 0.330 e. The summed E-state index contributed by atoms with van der Waals surface area (Å²) in [5, 5.41) is 10.9. The molecule has 7 heteroatoms. The Morgan fingerprint density at radius 1 is 1.30 bits per heavy atom. The summed E-state index contributed by atoms with van der Waals surface area (Å²) in [5.41, 5.74) is -0.618. The first kappa shape index (κ1) is 15.7. The van der Waals surface area contributed by atoms with E-state index < -0.39 is 29.3 Å². The molecule has 108 valence electrons. The van der Waals surface area contributed by atoms with Crippen LogP contribution in [-0.2, 0) is 16.0 Å². The molecule has 0 radical (unpaired) electrons. The monoisotopic (exact) mass is 287 g/mol. The lowest BCUT2D eigenvalue weighted by atomic mass is 10.0. The quantitative estimate of drug-likeness (QED) is 0.658. The number of hydrogen-bond acceptors (Lipinski definition) is 2. The maximum atomic E-state index is 13.6. The summed E-state index contributed by atoms with van der Waals surface area (Å²) in [6.45, 7) is 2.31. The van der Waals surface area contributed by atoms with Crippen LogP contribution < -0.4 is 5.32 Å². The van der Waals surface area contributed by atoms with Crippen LogP contribution in [0.25, 0.3) is 0 Å². The number of allylic oxidation sites excluding steroid dienone is 1. The van der Waals surface area contributed by atoms with E-state index in [0.717, 1.165) is 6.92 Å². The van der Waals surface area contributed by atoms with E-state index in [0.29, 0.717) is 12.1 Å². The van der Waals surface area contributed by atoms with E-state index in [2.05, 4.69) is 5.32 Å². The Morgan fingerprint density at radius 2 is 1.90 bits per heavy atom. The number of carboxylic acid groups (broad SMARTS) is 1. The standard InChI is InChI=1S/C13H12F3NO3/c1-6-9(10(14)5-11(15)13(6)16)3-8(4-12(19)20)17-7(2)18/h4-5H,3H2,1-2H3,(H,17,18)(H,19,20). The predicted molar refractivity (Wildman–Crippen MR) is 64.3 cm³/mol. The van der Waals surface area contributed by atoms with Gasteiger partial charge in [0.15, 0.2) is 11.6 Å². The third-order valence-electron chi connectivity index (χ3n) is 2.53. The molecule has 1 aromatic carbocycles. The van der Waals surface area contributed by atoms with Gasteiger partial charge in [-0.05, 0) is 18.1 Å². The van der Waals surface area contributed by atoms with Crippen LogP contribution in [0.4, 0.5) is 13.2 Å². The third-order valence-corrected chi connectivity index (χ3v) is 2.53. The molecule has 1 aromatic rings. The summed E-state index contributed by atoms with van der Waals surface area (Å²) in [6.07, 6.45) is 0.294. The summed E-state index contributed by atoms with van der Waals surface area (Å²) in [4.78, 5) is 21.6. The second kappa shape index (κ2) is 6.23. The van der Waals surface area contributed by atoms with Crippen LogP contribution in [0.5, 0.6) is 0 Å². The Hall–Kier alpha value is -2.31. The Balaban J connectivity index is 3.21. The van der Waals surface area contributed by atoms with Crippen molar-refractivity contribution in [3.63, 3.8) is 0 Å². The van der Waals surface area contributed by atoms with Crippen molar-refractivity contribution in [2.24, 2.45) is 0 Å². The van der Waals surface area contributed by atoms with Crippen molar-refractivity contribution in [1.82, 2.24) is 5.32 Å². The molecule has 0 aliphatic heterocycles. The van der Waals surface area contributed by atoms with Crippen molar-refractivity contribution in [2.45, 2.75) is 20.3 Å². The van der Waals surface area contributed by atoms with Gasteiger partial charge in [0.1, 0.15) is 5.82 Å². The summed E-state index contributed by atoms with van der Waals surface area (Å²) in [6, 6.07) is 0.379. The molecule has 0 spiro atoms. The number of carbonyl (C=O) groups excluding carboxylic acids is 1. The Morgan fingerprint density at radius 3 is 2.40 bits per heavy atom. The van der Waals surface area contributed by atoms with Gasteiger partial charge in [0.2, 0.25) is 5.91 Å². The number of aliphatic carboxylic acids is 1. The van der Waals surface area contributed by atoms with Crippen molar-refractivity contribution in [3.8, 4) is 0 Å². The lowest BCUT2D eigenvalue weighted by Gasteiger charge is -2.12. The zero-order chi connectivity index (χ0) is 15.4. The maximum absolute atomic E-state index is 13.6. The van der Waals surface area contributed by atoms with E-state index in [1.54, 1.807) is 0 Å². The molecule has 0 saturated heterocycles. The molecule has 20 heavy (non-hydrogen) atoms. The molecule has 0 heterocycles. The van der Waals surface area contributed by atoms with Crippen LogP contribution in [-0.4, -0.2) is 17.0 Å². The summed E-state index contributed by atoms with van der Waals surface area (Å²) in [5.74, 6) is -5.46. The van der Waals surface area contributed by atoms with Gasteiger partial charge in [-0.3, -0.25) is 4.79 Å². The van der Waals surface area contributed by atoms with Crippen LogP contribution >= 0.6 is 0 Å². The fraction of sp³-hybridized carbons (Fsp3) is 0.231. The summed E-state index contributed by atoms with van der Waals surface area (Å²) in [7, 11) is 0. The molecule has 0 aliphatic rings. The fourth-order valence-electron chi connectivity index (χ4n) is 1.67. The van der Waals surface area contributed by atoms with Crippen molar-refractivity contribution >= 4 is 11.9 Å². The summed E-state index contributed by atoms with van der Waals surface area (Å²) < 4.78 is 40.0. The average molecular weight is 287 g/mol. The first-order chi connectivity index (χ1) is 9.22. The van der Waals surface area contributed by atoms with Crippen LogP contribution in [0.15, 0.2) is 17.8 Å². The molecule has 1 amide bonds. The van der Waals surface area contributed by atoms with E-state index in [4.69, 9.17) is 5.11 Å². The summed E-state index contributed by atoms with van der Waals surface area (Å²) >= 11 is 0. The molecule has 0 bridgehead atoms. The fourth-order valence-corrected chi connectivity index (χ4v) is 1.67. The Labute approximate surface area is 112 Å². The zero-order valence-corrected chi connectivity index (χ0v) is 10.8. The Kier molecular flexibility index (Phi) is 4.90. The van der Waals surface area contributed by atoms with E-state index in [9.17, 15) is 22.8 Å². The minimum atomic E-state index is -1.35. The Bertz CT molecular complexity index is 597. The van der Waals surface area contributed by atoms with Gasteiger partial charge >= 0.3 is 5.97 Å². The molecular formula is C13H12F3NO3. The molecule has 0 aliphatic carbocycles. The van der Waals surface area contributed by atoms with Gasteiger partial charge in [0, 0.05) is 31.2 Å². The van der Waals surface area contributed by atoms with Gasteiger partial charge in [0.25, 0.3) is 0 Å². The highest BCUT2D eigenvalue weighted by atomic mass is 19.2. The topological polar surface area (TPSA) is 66.4 Å². The predicted octanol–water partition coefficient (Wildman–Crippen LogP) is 2.06. The van der Waals surface area contributed by atoms with Crippen molar-refractivity contribution in [2.75, 3.05) is 0 Å². The van der Waals surface area contributed by atoms with E-state index in [1.165, 1.54) is 6.92 Å². The SMILES string of the molecule is CC(=O)NC(=CC(=O)O)Cc1c(F)cc(F)c(F)c1C. The maximum Gasteiger partial charge on any atom is 0.330 e. The molecule has 1 rings (SSSR count). The normalized spacial score (nSPS) is 11.3. The molecule has 4 nitrogen and oxygen atoms in total. The number of carbonyl (C=O) groups is 2. The van der Waals surface area contributed by atoms with Crippen LogP contribution in [0.1, 0.15) is 18.1 Å². The lowest BCUT2D eigenvalue weighted by molar-refractivity contribution is -0.131. The third kappa shape index (κ3) is 3.84. The van der Waals surface area contributed by atoms with Gasteiger partial charge in [-0.2, -0.15) is 0 Å². The number of carboxylic acids is 1. The highest BCUT2D eigenvalue weighted by Crippen LogP contribution is 2.22. The van der Waals surface area contributed by atoms with Crippen molar-refractivity contribution in [1.29, 1.82) is 0 Å². The number of halogens is 3. The van der Waals surface area contributed by atoms with Crippen LogP contribution in [0.2, 0.25) is 0 Å².